The Morgan fingerprint density at radius 3 is 2.39 bits per heavy atom. The van der Waals surface area contributed by atoms with Crippen LogP contribution in [0, 0.1) is 6.92 Å². The average Bonchev–Trinajstić information content (AvgIpc) is 3.07. The quantitative estimate of drug-likeness (QED) is 0.686. The van der Waals surface area contributed by atoms with E-state index in [1.807, 2.05) is 27.7 Å². The SMILES string of the molecule is Cc1cc(-c2nnc(CN)o2)nc2c(C(C)(C)C)cc(NCC(F)(F)F)cc12. The molecule has 3 rings (SSSR count). The van der Waals surface area contributed by atoms with Crippen LogP contribution in [0.4, 0.5) is 18.9 Å². The summed E-state index contributed by atoms with van der Waals surface area (Å²) in [7, 11) is 0. The number of nitrogens with one attached hydrogen (secondary N) is 1. The predicted octanol–water partition coefficient (Wildman–Crippen LogP) is 4.32. The maximum absolute atomic E-state index is 12.6. The number of aryl methyl sites for hydroxylation is 1. The second-order valence-electron chi connectivity index (χ2n) is 7.67. The van der Waals surface area contributed by atoms with Crippen molar-refractivity contribution >= 4 is 16.6 Å². The van der Waals surface area contributed by atoms with Gasteiger partial charge in [-0.2, -0.15) is 13.2 Å². The monoisotopic (exact) mass is 393 g/mol. The topological polar surface area (TPSA) is 89.9 Å². The number of halogens is 3. The molecule has 0 amide bonds. The Hall–Kier alpha value is -2.68. The van der Waals surface area contributed by atoms with Crippen molar-refractivity contribution in [2.75, 3.05) is 11.9 Å². The van der Waals surface area contributed by atoms with Gasteiger partial charge in [-0.25, -0.2) is 4.98 Å². The highest BCUT2D eigenvalue weighted by Crippen LogP contribution is 2.35. The summed E-state index contributed by atoms with van der Waals surface area (Å²) in [6.07, 6.45) is -4.30. The van der Waals surface area contributed by atoms with E-state index >= 15 is 0 Å². The molecule has 150 valence electrons. The molecule has 0 saturated heterocycles. The van der Waals surface area contributed by atoms with Crippen molar-refractivity contribution < 1.29 is 17.6 Å². The molecule has 0 atom stereocenters. The molecule has 3 N–H and O–H groups in total. The number of anilines is 1. The lowest BCUT2D eigenvalue weighted by molar-refractivity contribution is -0.115. The molecule has 3 aromatic rings. The van der Waals surface area contributed by atoms with E-state index < -0.39 is 12.7 Å². The molecule has 0 aliphatic carbocycles. The van der Waals surface area contributed by atoms with Gasteiger partial charge in [0.2, 0.25) is 5.89 Å². The summed E-state index contributed by atoms with van der Waals surface area (Å²) in [4.78, 5) is 4.68. The largest absolute Gasteiger partial charge is 0.418 e. The van der Waals surface area contributed by atoms with E-state index in [0.717, 1.165) is 16.5 Å². The summed E-state index contributed by atoms with van der Waals surface area (Å²) in [5, 5.41) is 11.1. The lowest BCUT2D eigenvalue weighted by atomic mass is 9.84. The summed E-state index contributed by atoms with van der Waals surface area (Å²) >= 11 is 0. The number of benzene rings is 1. The van der Waals surface area contributed by atoms with E-state index in [4.69, 9.17) is 10.2 Å². The molecule has 0 saturated carbocycles. The van der Waals surface area contributed by atoms with Crippen LogP contribution in [-0.4, -0.2) is 27.9 Å². The number of pyridine rings is 1. The summed E-state index contributed by atoms with van der Waals surface area (Å²) in [5.41, 5.74) is 8.42. The Bertz CT molecular complexity index is 1010. The van der Waals surface area contributed by atoms with Crippen molar-refractivity contribution in [3.05, 3.63) is 35.2 Å². The van der Waals surface area contributed by atoms with Crippen molar-refractivity contribution in [1.29, 1.82) is 0 Å². The highest BCUT2D eigenvalue weighted by atomic mass is 19.4. The Balaban J connectivity index is 2.17. The van der Waals surface area contributed by atoms with Gasteiger partial charge in [-0.05, 0) is 41.7 Å². The molecule has 0 aliphatic rings. The van der Waals surface area contributed by atoms with Gasteiger partial charge in [-0.1, -0.05) is 20.8 Å². The van der Waals surface area contributed by atoms with Gasteiger partial charge in [0.25, 0.3) is 5.89 Å². The van der Waals surface area contributed by atoms with Crippen LogP contribution in [0.3, 0.4) is 0 Å². The zero-order valence-corrected chi connectivity index (χ0v) is 16.1. The molecular weight excluding hydrogens is 371 g/mol. The number of hydrogen-bond donors (Lipinski definition) is 2. The van der Waals surface area contributed by atoms with Gasteiger partial charge in [0.15, 0.2) is 0 Å². The summed E-state index contributed by atoms with van der Waals surface area (Å²) < 4.78 is 43.4. The Kier molecular flexibility index (Phi) is 5.05. The van der Waals surface area contributed by atoms with Crippen LogP contribution in [0.15, 0.2) is 22.6 Å². The minimum atomic E-state index is -4.30. The fourth-order valence-corrected chi connectivity index (χ4v) is 2.92. The van der Waals surface area contributed by atoms with Gasteiger partial charge in [-0.3, -0.25) is 0 Å². The maximum atomic E-state index is 12.6. The fourth-order valence-electron chi connectivity index (χ4n) is 2.92. The highest BCUT2D eigenvalue weighted by molar-refractivity contribution is 5.90. The minimum Gasteiger partial charge on any atom is -0.418 e. The van der Waals surface area contributed by atoms with Crippen LogP contribution in [-0.2, 0) is 12.0 Å². The van der Waals surface area contributed by atoms with Crippen molar-refractivity contribution in [3.63, 3.8) is 0 Å². The lowest BCUT2D eigenvalue weighted by Crippen LogP contribution is -2.22. The number of rotatable bonds is 4. The average molecular weight is 393 g/mol. The van der Waals surface area contributed by atoms with Crippen LogP contribution in [0.25, 0.3) is 22.5 Å². The summed E-state index contributed by atoms with van der Waals surface area (Å²) in [6.45, 7) is 6.85. The molecule has 9 heteroatoms. The van der Waals surface area contributed by atoms with Crippen molar-refractivity contribution in [2.45, 2.75) is 45.8 Å². The smallest absolute Gasteiger partial charge is 0.405 e. The molecule has 1 aromatic carbocycles. The van der Waals surface area contributed by atoms with Crippen LogP contribution < -0.4 is 11.1 Å². The van der Waals surface area contributed by atoms with E-state index in [9.17, 15) is 13.2 Å². The second kappa shape index (κ2) is 7.05. The number of fused-ring (bicyclic) bond motifs is 1. The van der Waals surface area contributed by atoms with Gasteiger partial charge >= 0.3 is 6.18 Å². The Morgan fingerprint density at radius 2 is 1.82 bits per heavy atom. The molecule has 0 spiro atoms. The molecule has 0 unspecified atom stereocenters. The van der Waals surface area contributed by atoms with E-state index in [1.54, 1.807) is 18.2 Å². The van der Waals surface area contributed by atoms with Gasteiger partial charge in [0.1, 0.15) is 12.2 Å². The normalized spacial score (nSPS) is 12.6. The van der Waals surface area contributed by atoms with Crippen LogP contribution in [0.2, 0.25) is 0 Å². The van der Waals surface area contributed by atoms with E-state index in [0.29, 0.717) is 22.8 Å². The Labute approximate surface area is 160 Å². The number of nitrogens with zero attached hydrogens (tertiary/aromatic N) is 3. The first-order valence-corrected chi connectivity index (χ1v) is 8.77. The summed E-state index contributed by atoms with van der Waals surface area (Å²) in [6, 6.07) is 5.17. The standard InChI is InChI=1S/C19H22F3N5O/c1-10-5-14(17-27-26-15(8-23)28-17)25-16-12(10)6-11(24-9-19(20,21)22)7-13(16)18(2,3)4/h5-7,24H,8-9,23H2,1-4H3. The van der Waals surface area contributed by atoms with Crippen molar-refractivity contribution in [2.24, 2.45) is 5.73 Å². The highest BCUT2D eigenvalue weighted by Gasteiger charge is 2.27. The first kappa shape index (κ1) is 20.1. The number of hydrogen-bond acceptors (Lipinski definition) is 6. The summed E-state index contributed by atoms with van der Waals surface area (Å²) in [5.74, 6) is 0.557. The molecule has 2 aromatic heterocycles. The number of aromatic nitrogens is 3. The lowest BCUT2D eigenvalue weighted by Gasteiger charge is -2.23. The third-order valence-corrected chi connectivity index (χ3v) is 4.28. The first-order valence-electron chi connectivity index (χ1n) is 8.77. The first-order chi connectivity index (χ1) is 13.0. The molecule has 0 radical (unpaired) electrons. The molecule has 0 aliphatic heterocycles. The van der Waals surface area contributed by atoms with Gasteiger partial charge in [-0.15, -0.1) is 10.2 Å². The van der Waals surface area contributed by atoms with Crippen LogP contribution in [0.5, 0.6) is 0 Å². The second-order valence-corrected chi connectivity index (χ2v) is 7.67. The van der Waals surface area contributed by atoms with Crippen LogP contribution >= 0.6 is 0 Å². The molecule has 28 heavy (non-hydrogen) atoms. The molecule has 6 nitrogen and oxygen atoms in total. The van der Waals surface area contributed by atoms with E-state index in [-0.39, 0.29) is 17.9 Å². The van der Waals surface area contributed by atoms with Crippen molar-refractivity contribution in [1.82, 2.24) is 15.2 Å². The predicted molar refractivity (Wildman–Crippen MR) is 101 cm³/mol. The third-order valence-electron chi connectivity index (χ3n) is 4.28. The zero-order chi connectivity index (χ0) is 20.7. The molecule has 2 heterocycles. The molecular formula is C19H22F3N5O. The van der Waals surface area contributed by atoms with Gasteiger partial charge in [0.05, 0.1) is 12.1 Å². The zero-order valence-electron chi connectivity index (χ0n) is 16.1. The number of nitrogens with two attached hydrogens (primary N) is 1. The number of alkyl halides is 3. The Morgan fingerprint density at radius 1 is 1.11 bits per heavy atom. The van der Waals surface area contributed by atoms with E-state index in [1.165, 1.54) is 0 Å². The minimum absolute atomic E-state index is 0.126. The maximum Gasteiger partial charge on any atom is 0.405 e. The molecule has 0 bridgehead atoms. The van der Waals surface area contributed by atoms with Crippen molar-refractivity contribution in [3.8, 4) is 11.6 Å². The third kappa shape index (κ3) is 4.24. The van der Waals surface area contributed by atoms with Crippen LogP contribution in [0.1, 0.15) is 37.8 Å². The van der Waals surface area contributed by atoms with Gasteiger partial charge < -0.3 is 15.5 Å². The van der Waals surface area contributed by atoms with Gasteiger partial charge in [0, 0.05) is 11.1 Å². The fraction of sp³-hybridized carbons (Fsp3) is 0.421. The van der Waals surface area contributed by atoms with E-state index in [2.05, 4.69) is 20.5 Å². The molecule has 0 fully saturated rings.